The molecule has 3 heteroatoms. The third-order valence-electron chi connectivity index (χ3n) is 2.66. The van der Waals surface area contributed by atoms with E-state index >= 15 is 0 Å². The van der Waals surface area contributed by atoms with E-state index in [4.69, 9.17) is 10.5 Å². The van der Waals surface area contributed by atoms with Gasteiger partial charge in [-0.25, -0.2) is 0 Å². The molecule has 12 heavy (non-hydrogen) atoms. The van der Waals surface area contributed by atoms with Crippen molar-refractivity contribution in [1.29, 1.82) is 0 Å². The highest BCUT2D eigenvalue weighted by atomic mass is 16.5. The molecule has 3 nitrogen and oxygen atoms in total. The number of esters is 1. The van der Waals surface area contributed by atoms with Gasteiger partial charge in [-0.2, -0.15) is 0 Å². The van der Waals surface area contributed by atoms with E-state index in [1.54, 1.807) is 0 Å². The molecule has 1 saturated carbocycles. The second-order valence-corrected chi connectivity index (χ2v) is 3.41. The molecule has 0 saturated heterocycles. The molecule has 0 aromatic rings. The van der Waals surface area contributed by atoms with E-state index in [1.165, 1.54) is 0 Å². The van der Waals surface area contributed by atoms with E-state index in [2.05, 4.69) is 0 Å². The van der Waals surface area contributed by atoms with Crippen molar-refractivity contribution < 1.29 is 9.53 Å². The Bertz CT molecular complexity index is 162. The summed E-state index contributed by atoms with van der Waals surface area (Å²) in [5, 5.41) is 0. The largest absolute Gasteiger partial charge is 0.466 e. The number of rotatable bonds is 3. The van der Waals surface area contributed by atoms with E-state index in [1.807, 2.05) is 6.92 Å². The van der Waals surface area contributed by atoms with Crippen molar-refractivity contribution in [2.75, 3.05) is 13.2 Å². The molecule has 0 heterocycles. The van der Waals surface area contributed by atoms with Crippen LogP contribution >= 0.6 is 0 Å². The van der Waals surface area contributed by atoms with Gasteiger partial charge in [-0.3, -0.25) is 4.79 Å². The summed E-state index contributed by atoms with van der Waals surface area (Å²) in [4.78, 5) is 11.5. The Morgan fingerprint density at radius 3 is 2.50 bits per heavy atom. The molecule has 0 amide bonds. The third-order valence-corrected chi connectivity index (χ3v) is 2.66. The predicted octanol–water partition coefficient (Wildman–Crippen LogP) is 1.07. The SMILES string of the molecule is CCOC(=O)C1(CN)CCCC1. The third kappa shape index (κ3) is 1.61. The van der Waals surface area contributed by atoms with Crippen LogP contribution in [0.3, 0.4) is 0 Å². The Morgan fingerprint density at radius 2 is 2.08 bits per heavy atom. The van der Waals surface area contributed by atoms with Crippen molar-refractivity contribution in [3.8, 4) is 0 Å². The van der Waals surface area contributed by atoms with Gasteiger partial charge in [0, 0.05) is 6.54 Å². The molecule has 1 aliphatic carbocycles. The topological polar surface area (TPSA) is 52.3 Å². The summed E-state index contributed by atoms with van der Waals surface area (Å²) in [7, 11) is 0. The van der Waals surface area contributed by atoms with E-state index in [0.717, 1.165) is 25.7 Å². The van der Waals surface area contributed by atoms with Crippen LogP contribution in [0.1, 0.15) is 32.6 Å². The highest BCUT2D eigenvalue weighted by molar-refractivity contribution is 5.77. The number of carbonyl (C=O) groups is 1. The number of nitrogens with two attached hydrogens (primary N) is 1. The van der Waals surface area contributed by atoms with Crippen LogP contribution in [0.15, 0.2) is 0 Å². The van der Waals surface area contributed by atoms with Crippen molar-refractivity contribution in [3.63, 3.8) is 0 Å². The Morgan fingerprint density at radius 1 is 1.50 bits per heavy atom. The first kappa shape index (κ1) is 9.52. The Hall–Kier alpha value is -0.570. The van der Waals surface area contributed by atoms with Crippen molar-refractivity contribution in [3.05, 3.63) is 0 Å². The van der Waals surface area contributed by atoms with Gasteiger partial charge in [0.15, 0.2) is 0 Å². The summed E-state index contributed by atoms with van der Waals surface area (Å²) in [6.45, 7) is 2.73. The smallest absolute Gasteiger partial charge is 0.313 e. The van der Waals surface area contributed by atoms with Crippen molar-refractivity contribution >= 4 is 5.97 Å². The second kappa shape index (κ2) is 3.90. The summed E-state index contributed by atoms with van der Waals surface area (Å²) in [5.41, 5.74) is 5.26. The van der Waals surface area contributed by atoms with Gasteiger partial charge in [-0.05, 0) is 19.8 Å². The summed E-state index contributed by atoms with van der Waals surface area (Å²) in [6, 6.07) is 0. The Kier molecular flexibility index (Phi) is 3.09. The molecule has 1 rings (SSSR count). The van der Waals surface area contributed by atoms with Crippen molar-refractivity contribution in [2.45, 2.75) is 32.6 Å². The molecule has 0 bridgehead atoms. The molecule has 0 aromatic carbocycles. The minimum Gasteiger partial charge on any atom is -0.466 e. The summed E-state index contributed by atoms with van der Waals surface area (Å²) >= 11 is 0. The highest BCUT2D eigenvalue weighted by Crippen LogP contribution is 2.38. The van der Waals surface area contributed by atoms with Gasteiger partial charge >= 0.3 is 5.97 Å². The molecule has 0 spiro atoms. The van der Waals surface area contributed by atoms with Crippen LogP contribution in [0.4, 0.5) is 0 Å². The molecular weight excluding hydrogens is 154 g/mol. The van der Waals surface area contributed by atoms with Crippen molar-refractivity contribution in [2.24, 2.45) is 11.1 Å². The van der Waals surface area contributed by atoms with Crippen molar-refractivity contribution in [1.82, 2.24) is 0 Å². The average molecular weight is 171 g/mol. The van der Waals surface area contributed by atoms with Crippen LogP contribution in [0.25, 0.3) is 0 Å². The minimum absolute atomic E-state index is 0.0926. The molecule has 0 aromatic heterocycles. The van der Waals surface area contributed by atoms with Crippen LogP contribution in [0.2, 0.25) is 0 Å². The molecule has 70 valence electrons. The van der Waals surface area contributed by atoms with E-state index in [0.29, 0.717) is 13.2 Å². The molecule has 0 radical (unpaired) electrons. The zero-order valence-electron chi connectivity index (χ0n) is 7.64. The molecule has 0 unspecified atom stereocenters. The fourth-order valence-corrected chi connectivity index (χ4v) is 1.83. The van der Waals surface area contributed by atoms with Crippen LogP contribution in [-0.2, 0) is 9.53 Å². The lowest BCUT2D eigenvalue weighted by Gasteiger charge is -2.23. The molecule has 0 atom stereocenters. The van der Waals surface area contributed by atoms with Crippen LogP contribution < -0.4 is 5.73 Å². The monoisotopic (exact) mass is 171 g/mol. The normalized spacial score (nSPS) is 20.8. The lowest BCUT2D eigenvalue weighted by Crippen LogP contribution is -2.37. The molecule has 0 aliphatic heterocycles. The second-order valence-electron chi connectivity index (χ2n) is 3.41. The van der Waals surface area contributed by atoms with Crippen LogP contribution in [-0.4, -0.2) is 19.1 Å². The highest BCUT2D eigenvalue weighted by Gasteiger charge is 2.40. The number of ether oxygens (including phenoxy) is 1. The van der Waals surface area contributed by atoms with Gasteiger partial charge < -0.3 is 10.5 Å². The van der Waals surface area contributed by atoms with Gasteiger partial charge in [0.25, 0.3) is 0 Å². The summed E-state index contributed by atoms with van der Waals surface area (Å²) in [6.07, 6.45) is 4.02. The van der Waals surface area contributed by atoms with Gasteiger partial charge in [-0.15, -0.1) is 0 Å². The summed E-state index contributed by atoms with van der Waals surface area (Å²) < 4.78 is 5.00. The lowest BCUT2D eigenvalue weighted by molar-refractivity contribution is -0.154. The zero-order valence-corrected chi connectivity index (χ0v) is 7.64. The maximum absolute atomic E-state index is 11.5. The fourth-order valence-electron chi connectivity index (χ4n) is 1.83. The molecular formula is C9H17NO2. The molecule has 1 aliphatic rings. The maximum atomic E-state index is 11.5. The predicted molar refractivity (Wildman–Crippen MR) is 46.6 cm³/mol. The minimum atomic E-state index is -0.337. The number of hydrogen-bond acceptors (Lipinski definition) is 3. The van der Waals surface area contributed by atoms with Gasteiger partial charge in [0.05, 0.1) is 12.0 Å². The van der Waals surface area contributed by atoms with Gasteiger partial charge in [0.1, 0.15) is 0 Å². The first-order valence-corrected chi connectivity index (χ1v) is 4.62. The van der Waals surface area contributed by atoms with E-state index in [9.17, 15) is 4.79 Å². The lowest BCUT2D eigenvalue weighted by atomic mass is 9.86. The molecule has 2 N–H and O–H groups in total. The van der Waals surface area contributed by atoms with Gasteiger partial charge in [-0.1, -0.05) is 12.8 Å². The number of hydrogen-bond donors (Lipinski definition) is 1. The molecule has 1 fully saturated rings. The van der Waals surface area contributed by atoms with Crippen LogP contribution in [0, 0.1) is 5.41 Å². The maximum Gasteiger partial charge on any atom is 0.313 e. The fraction of sp³-hybridized carbons (Fsp3) is 0.889. The first-order valence-electron chi connectivity index (χ1n) is 4.62. The number of carbonyl (C=O) groups excluding carboxylic acids is 1. The van der Waals surface area contributed by atoms with Crippen LogP contribution in [0.5, 0.6) is 0 Å². The first-order chi connectivity index (χ1) is 5.75. The van der Waals surface area contributed by atoms with Gasteiger partial charge in [0.2, 0.25) is 0 Å². The Labute approximate surface area is 73.3 Å². The van der Waals surface area contributed by atoms with E-state index in [-0.39, 0.29) is 11.4 Å². The zero-order chi connectivity index (χ0) is 9.03. The average Bonchev–Trinajstić information content (AvgIpc) is 2.54. The quantitative estimate of drug-likeness (QED) is 0.646. The standard InChI is InChI=1S/C9H17NO2/c1-2-12-8(11)9(7-10)5-3-4-6-9/h2-7,10H2,1H3. The van der Waals surface area contributed by atoms with E-state index < -0.39 is 0 Å². The Balaban J connectivity index is 2.59. The summed E-state index contributed by atoms with van der Waals surface area (Å²) in [5.74, 6) is -0.0926.